The number of amides is 1. The number of ether oxygens (including phenoxy) is 2. The highest BCUT2D eigenvalue weighted by atomic mass is 16.5. The van der Waals surface area contributed by atoms with Crippen molar-refractivity contribution in [1.82, 2.24) is 5.32 Å². The van der Waals surface area contributed by atoms with Crippen LogP contribution in [-0.4, -0.2) is 48.3 Å². The Balaban J connectivity index is 4.23. The van der Waals surface area contributed by atoms with Crippen LogP contribution in [0.4, 0.5) is 0 Å². The summed E-state index contributed by atoms with van der Waals surface area (Å²) in [4.78, 5) is 33.4. The average molecular weight is 275 g/mol. The van der Waals surface area contributed by atoms with Gasteiger partial charge in [0.2, 0.25) is 5.91 Å². The summed E-state index contributed by atoms with van der Waals surface area (Å²) in [6.45, 7) is 5.12. The van der Waals surface area contributed by atoms with E-state index in [0.29, 0.717) is 0 Å². The molecule has 0 saturated heterocycles. The lowest BCUT2D eigenvalue weighted by Gasteiger charge is -2.20. The molecule has 0 aliphatic heterocycles. The van der Waals surface area contributed by atoms with E-state index in [1.807, 2.05) is 0 Å². The molecule has 0 fully saturated rings. The Kier molecular flexibility index (Phi) is 7.06. The van der Waals surface area contributed by atoms with Crippen LogP contribution in [0, 0.1) is 0 Å². The van der Waals surface area contributed by atoms with Crippen molar-refractivity contribution < 1.29 is 29.0 Å². The smallest absolute Gasteiger partial charge is 0.326 e. The quantitative estimate of drug-likeness (QED) is 0.649. The second-order valence-electron chi connectivity index (χ2n) is 4.97. The predicted octanol–water partition coefficient (Wildman–Crippen LogP) is 0.324. The highest BCUT2D eigenvalue weighted by molar-refractivity contribution is 5.84. The Morgan fingerprint density at radius 3 is 2.26 bits per heavy atom. The molecule has 0 aromatic carbocycles. The first kappa shape index (κ1) is 17.4. The maximum absolute atomic E-state index is 11.5. The van der Waals surface area contributed by atoms with Crippen LogP contribution in [0.3, 0.4) is 0 Å². The van der Waals surface area contributed by atoms with E-state index in [2.05, 4.69) is 10.1 Å². The van der Waals surface area contributed by atoms with Crippen LogP contribution >= 0.6 is 0 Å². The van der Waals surface area contributed by atoms with Crippen LogP contribution in [0.25, 0.3) is 0 Å². The molecule has 0 heterocycles. The lowest BCUT2D eigenvalue weighted by Crippen LogP contribution is -2.43. The van der Waals surface area contributed by atoms with Gasteiger partial charge >= 0.3 is 11.9 Å². The maximum Gasteiger partial charge on any atom is 0.326 e. The second-order valence-corrected chi connectivity index (χ2v) is 4.97. The molecule has 0 spiro atoms. The van der Waals surface area contributed by atoms with Gasteiger partial charge in [0.25, 0.3) is 0 Å². The molecule has 0 rings (SSSR count). The van der Waals surface area contributed by atoms with E-state index >= 15 is 0 Å². The third kappa shape index (κ3) is 9.01. The number of carboxylic acids is 1. The molecule has 1 amide bonds. The van der Waals surface area contributed by atoms with Gasteiger partial charge in [0.05, 0.1) is 12.7 Å². The molecule has 1 atom stereocenters. The molecule has 0 radical (unpaired) electrons. The largest absolute Gasteiger partial charge is 0.480 e. The summed E-state index contributed by atoms with van der Waals surface area (Å²) in [7, 11) is 1.22. The minimum atomic E-state index is -1.20. The molecule has 0 aliphatic rings. The zero-order chi connectivity index (χ0) is 15.1. The lowest BCUT2D eigenvalue weighted by molar-refractivity contribution is -0.145. The van der Waals surface area contributed by atoms with Crippen LogP contribution < -0.4 is 5.32 Å². The summed E-state index contributed by atoms with van der Waals surface area (Å²) in [6, 6.07) is -1.13. The van der Waals surface area contributed by atoms with Gasteiger partial charge in [-0.25, -0.2) is 4.79 Å². The number of rotatable bonds is 7. The van der Waals surface area contributed by atoms with E-state index in [4.69, 9.17) is 9.84 Å². The fraction of sp³-hybridized carbons (Fsp3) is 0.750. The molecule has 0 bridgehead atoms. The molecule has 0 unspecified atom stereocenters. The SMILES string of the molecule is COC(=O)CC[C@H](NC(=O)COC(C)(C)C)C(=O)O. The Morgan fingerprint density at radius 1 is 1.26 bits per heavy atom. The Hall–Kier alpha value is -1.63. The van der Waals surface area contributed by atoms with Gasteiger partial charge in [-0.3, -0.25) is 9.59 Å². The number of hydrogen-bond acceptors (Lipinski definition) is 5. The molecule has 0 aromatic rings. The van der Waals surface area contributed by atoms with Gasteiger partial charge in [-0.15, -0.1) is 0 Å². The number of carbonyl (C=O) groups is 3. The van der Waals surface area contributed by atoms with Gasteiger partial charge in [0.15, 0.2) is 0 Å². The molecule has 0 aliphatic carbocycles. The van der Waals surface area contributed by atoms with Gasteiger partial charge < -0.3 is 19.9 Å². The van der Waals surface area contributed by atoms with Crippen LogP contribution in [0.5, 0.6) is 0 Å². The van der Waals surface area contributed by atoms with E-state index < -0.39 is 29.5 Å². The van der Waals surface area contributed by atoms with Gasteiger partial charge in [-0.1, -0.05) is 0 Å². The number of methoxy groups -OCH3 is 1. The number of nitrogens with one attached hydrogen (secondary N) is 1. The van der Waals surface area contributed by atoms with E-state index in [1.54, 1.807) is 20.8 Å². The molecular weight excluding hydrogens is 254 g/mol. The summed E-state index contributed by atoms with van der Waals surface area (Å²) >= 11 is 0. The number of esters is 1. The van der Waals surface area contributed by atoms with Crippen LogP contribution in [-0.2, 0) is 23.9 Å². The highest BCUT2D eigenvalue weighted by Gasteiger charge is 2.22. The van der Waals surface area contributed by atoms with E-state index in [9.17, 15) is 14.4 Å². The molecule has 2 N–H and O–H groups in total. The topological polar surface area (TPSA) is 102 Å². The van der Waals surface area contributed by atoms with Gasteiger partial charge in [-0.05, 0) is 27.2 Å². The van der Waals surface area contributed by atoms with Crippen molar-refractivity contribution in [3.8, 4) is 0 Å². The Labute approximate surface area is 112 Å². The molecular formula is C12H21NO6. The molecule has 0 aromatic heterocycles. The first-order chi connectivity index (χ1) is 8.65. The Bertz CT molecular complexity index is 334. The van der Waals surface area contributed by atoms with Crippen LogP contribution in [0.2, 0.25) is 0 Å². The van der Waals surface area contributed by atoms with Gasteiger partial charge in [0.1, 0.15) is 12.6 Å². The van der Waals surface area contributed by atoms with Crippen molar-refractivity contribution in [3.63, 3.8) is 0 Å². The summed E-state index contributed by atoms with van der Waals surface area (Å²) in [5.41, 5.74) is -0.484. The van der Waals surface area contributed by atoms with Crippen molar-refractivity contribution >= 4 is 17.8 Å². The van der Waals surface area contributed by atoms with Crippen molar-refractivity contribution in [1.29, 1.82) is 0 Å². The monoisotopic (exact) mass is 275 g/mol. The number of hydrogen-bond donors (Lipinski definition) is 2. The van der Waals surface area contributed by atoms with Gasteiger partial charge in [-0.2, -0.15) is 0 Å². The number of aliphatic carboxylic acids is 1. The van der Waals surface area contributed by atoms with E-state index in [-0.39, 0.29) is 19.4 Å². The summed E-state index contributed by atoms with van der Waals surface area (Å²) in [5.74, 6) is -2.26. The molecule has 0 saturated carbocycles. The Morgan fingerprint density at radius 2 is 1.84 bits per heavy atom. The lowest BCUT2D eigenvalue weighted by atomic mass is 10.1. The summed E-state index contributed by atoms with van der Waals surface area (Å²) < 4.78 is 9.63. The zero-order valence-corrected chi connectivity index (χ0v) is 11.7. The molecule has 110 valence electrons. The third-order valence-electron chi connectivity index (χ3n) is 2.13. The van der Waals surface area contributed by atoms with Crippen LogP contribution in [0.15, 0.2) is 0 Å². The van der Waals surface area contributed by atoms with Crippen molar-refractivity contribution in [2.45, 2.75) is 45.3 Å². The van der Waals surface area contributed by atoms with E-state index in [0.717, 1.165) is 0 Å². The third-order valence-corrected chi connectivity index (χ3v) is 2.13. The van der Waals surface area contributed by atoms with Crippen molar-refractivity contribution in [2.24, 2.45) is 0 Å². The normalized spacial score (nSPS) is 12.6. The summed E-state index contributed by atoms with van der Waals surface area (Å²) in [5, 5.41) is 11.2. The fourth-order valence-corrected chi connectivity index (χ4v) is 1.14. The van der Waals surface area contributed by atoms with Crippen molar-refractivity contribution in [2.75, 3.05) is 13.7 Å². The van der Waals surface area contributed by atoms with Crippen molar-refractivity contribution in [3.05, 3.63) is 0 Å². The average Bonchev–Trinajstić information content (AvgIpc) is 2.30. The van der Waals surface area contributed by atoms with E-state index in [1.165, 1.54) is 7.11 Å². The number of carboxylic acid groups (broad SMARTS) is 1. The zero-order valence-electron chi connectivity index (χ0n) is 11.7. The highest BCUT2D eigenvalue weighted by Crippen LogP contribution is 2.06. The van der Waals surface area contributed by atoms with Gasteiger partial charge in [0, 0.05) is 6.42 Å². The first-order valence-electron chi connectivity index (χ1n) is 5.88. The maximum atomic E-state index is 11.5. The fourth-order valence-electron chi connectivity index (χ4n) is 1.14. The number of carbonyl (C=O) groups excluding carboxylic acids is 2. The molecule has 7 nitrogen and oxygen atoms in total. The minimum Gasteiger partial charge on any atom is -0.480 e. The molecule has 19 heavy (non-hydrogen) atoms. The molecule has 7 heteroatoms. The van der Waals surface area contributed by atoms with Crippen LogP contribution in [0.1, 0.15) is 33.6 Å². The summed E-state index contributed by atoms with van der Waals surface area (Å²) in [6.07, 6.45) is -0.100. The standard InChI is InChI=1S/C12H21NO6/c1-12(2,3)19-7-9(14)13-8(11(16)17)5-6-10(15)18-4/h8H,5-7H2,1-4H3,(H,13,14)(H,16,17)/t8-/m0/s1. The predicted molar refractivity (Wildman–Crippen MR) is 66.5 cm³/mol. The second kappa shape index (κ2) is 7.73. The first-order valence-corrected chi connectivity index (χ1v) is 5.88. The minimum absolute atomic E-state index is 0.0245.